The molecule has 0 radical (unpaired) electrons. The molecule has 5 heteroatoms. The molecule has 0 bridgehead atoms. The van der Waals surface area contributed by atoms with E-state index in [1.54, 1.807) is 6.07 Å². The van der Waals surface area contributed by atoms with Gasteiger partial charge in [0, 0.05) is 10.9 Å². The van der Waals surface area contributed by atoms with Crippen LogP contribution in [0.25, 0.3) is 0 Å². The zero-order valence-corrected chi connectivity index (χ0v) is 10.1. The average molecular weight is 296 g/mol. The van der Waals surface area contributed by atoms with Gasteiger partial charge in [0.1, 0.15) is 5.82 Å². The van der Waals surface area contributed by atoms with E-state index in [0.29, 0.717) is 16.5 Å². The molecule has 1 rings (SSSR count). The van der Waals surface area contributed by atoms with Crippen molar-refractivity contribution >= 4 is 33.5 Å². The van der Waals surface area contributed by atoms with Crippen molar-refractivity contribution in [3.8, 4) is 0 Å². The maximum absolute atomic E-state index is 12.8. The molecule has 1 aromatic rings. The number of hydrogen-bond donors (Lipinski definition) is 1. The summed E-state index contributed by atoms with van der Waals surface area (Å²) in [5, 5.41) is 8.07. The zero-order valence-electron chi connectivity index (χ0n) is 7.71. The Morgan fingerprint density at radius 1 is 1.60 bits per heavy atom. The van der Waals surface area contributed by atoms with Crippen LogP contribution in [0.15, 0.2) is 22.7 Å². The summed E-state index contributed by atoms with van der Waals surface area (Å²) in [7, 11) is 0. The molecule has 0 saturated heterocycles. The van der Waals surface area contributed by atoms with Crippen molar-refractivity contribution < 1.29 is 14.3 Å². The smallest absolute Gasteiger partial charge is 0.303 e. The lowest BCUT2D eigenvalue weighted by molar-refractivity contribution is -0.137. The molecule has 0 aliphatic carbocycles. The van der Waals surface area contributed by atoms with Crippen molar-refractivity contribution in [2.24, 2.45) is 0 Å². The van der Waals surface area contributed by atoms with Crippen LogP contribution in [0.5, 0.6) is 0 Å². The van der Waals surface area contributed by atoms with Gasteiger partial charge in [-0.15, -0.1) is 11.6 Å². The minimum absolute atomic E-state index is 0.00200. The Kier molecular flexibility index (Phi) is 4.54. The summed E-state index contributed by atoms with van der Waals surface area (Å²) in [6.07, 6.45) is 0.319. The van der Waals surface area contributed by atoms with Gasteiger partial charge in [-0.25, -0.2) is 4.39 Å². The molecule has 2 nitrogen and oxygen atoms in total. The van der Waals surface area contributed by atoms with Crippen molar-refractivity contribution in [1.29, 1.82) is 0 Å². The molecule has 1 aromatic carbocycles. The van der Waals surface area contributed by atoms with Crippen molar-refractivity contribution in [1.82, 2.24) is 0 Å². The van der Waals surface area contributed by atoms with Gasteiger partial charge in [-0.05, 0) is 24.1 Å². The lowest BCUT2D eigenvalue weighted by Gasteiger charge is -2.10. The van der Waals surface area contributed by atoms with E-state index in [0.717, 1.165) is 0 Å². The highest BCUT2D eigenvalue weighted by molar-refractivity contribution is 9.10. The van der Waals surface area contributed by atoms with Gasteiger partial charge in [0.05, 0.1) is 5.38 Å². The molecule has 0 spiro atoms. The summed E-state index contributed by atoms with van der Waals surface area (Å²) in [5.41, 5.74) is 0.708. The second kappa shape index (κ2) is 5.47. The van der Waals surface area contributed by atoms with E-state index in [9.17, 15) is 9.18 Å². The SMILES string of the molecule is O=C(O)CCC(Cl)c1ccc(F)cc1Br. The first-order chi connectivity index (χ1) is 7.00. The van der Waals surface area contributed by atoms with Gasteiger partial charge < -0.3 is 5.11 Å². The van der Waals surface area contributed by atoms with Crippen LogP contribution < -0.4 is 0 Å². The summed E-state index contributed by atoms with van der Waals surface area (Å²) < 4.78 is 13.3. The van der Waals surface area contributed by atoms with E-state index >= 15 is 0 Å². The van der Waals surface area contributed by atoms with Crippen LogP contribution in [0, 0.1) is 5.82 Å². The number of aliphatic carboxylic acids is 1. The first-order valence-electron chi connectivity index (χ1n) is 4.31. The molecule has 0 aliphatic rings. The first-order valence-corrected chi connectivity index (χ1v) is 5.54. The Morgan fingerprint density at radius 3 is 2.80 bits per heavy atom. The van der Waals surface area contributed by atoms with Gasteiger partial charge in [-0.1, -0.05) is 22.0 Å². The maximum atomic E-state index is 12.8. The number of rotatable bonds is 4. The highest BCUT2D eigenvalue weighted by Crippen LogP contribution is 2.31. The number of hydrogen-bond acceptors (Lipinski definition) is 1. The summed E-state index contributed by atoms with van der Waals surface area (Å²) >= 11 is 9.17. The number of carboxylic acid groups (broad SMARTS) is 1. The van der Waals surface area contributed by atoms with E-state index in [-0.39, 0.29) is 12.2 Å². The fraction of sp³-hybridized carbons (Fsp3) is 0.300. The van der Waals surface area contributed by atoms with Crippen LogP contribution in [0.3, 0.4) is 0 Å². The third-order valence-electron chi connectivity index (χ3n) is 1.91. The lowest BCUT2D eigenvalue weighted by Crippen LogP contribution is -1.99. The van der Waals surface area contributed by atoms with Crippen molar-refractivity contribution in [3.63, 3.8) is 0 Å². The highest BCUT2D eigenvalue weighted by Gasteiger charge is 2.13. The van der Waals surface area contributed by atoms with E-state index in [1.165, 1.54) is 12.1 Å². The highest BCUT2D eigenvalue weighted by atomic mass is 79.9. The molecule has 0 saturated carbocycles. The number of benzene rings is 1. The van der Waals surface area contributed by atoms with Crippen LogP contribution in [0.1, 0.15) is 23.8 Å². The molecule has 1 atom stereocenters. The molecule has 15 heavy (non-hydrogen) atoms. The predicted octanol–water partition coefficient (Wildman–Crippen LogP) is 3.73. The molecular formula is C10H9BrClFO2. The maximum Gasteiger partial charge on any atom is 0.303 e. The summed E-state index contributed by atoms with van der Waals surface area (Å²) in [5.74, 6) is -1.24. The molecule has 0 aliphatic heterocycles. The molecule has 1 unspecified atom stereocenters. The predicted molar refractivity (Wildman–Crippen MR) is 59.6 cm³/mol. The Morgan fingerprint density at radius 2 is 2.27 bits per heavy atom. The number of carbonyl (C=O) groups is 1. The normalized spacial score (nSPS) is 12.5. The molecule has 0 fully saturated rings. The lowest BCUT2D eigenvalue weighted by atomic mass is 10.1. The first kappa shape index (κ1) is 12.5. The Labute approximate surface area is 100 Å². The van der Waals surface area contributed by atoms with Crippen LogP contribution in [-0.4, -0.2) is 11.1 Å². The number of alkyl halides is 1. The topological polar surface area (TPSA) is 37.3 Å². The minimum atomic E-state index is -0.890. The van der Waals surface area contributed by atoms with Crippen LogP contribution in [0.2, 0.25) is 0 Å². The fourth-order valence-electron chi connectivity index (χ4n) is 1.16. The van der Waals surface area contributed by atoms with E-state index in [2.05, 4.69) is 15.9 Å². The van der Waals surface area contributed by atoms with Crippen LogP contribution in [-0.2, 0) is 4.79 Å². The number of carboxylic acids is 1. The molecular weight excluding hydrogens is 286 g/mol. The van der Waals surface area contributed by atoms with E-state index in [4.69, 9.17) is 16.7 Å². The molecule has 1 N–H and O–H groups in total. The standard InChI is InChI=1S/C10H9BrClFO2/c11-8-5-6(13)1-2-7(8)9(12)3-4-10(14)15/h1-2,5,9H,3-4H2,(H,14,15). The van der Waals surface area contributed by atoms with Gasteiger partial charge in [0.25, 0.3) is 0 Å². The fourth-order valence-corrected chi connectivity index (χ4v) is 2.22. The second-order valence-corrected chi connectivity index (χ2v) is 4.45. The number of halogens is 3. The molecule has 0 amide bonds. The summed E-state index contributed by atoms with van der Waals surface area (Å²) in [6.45, 7) is 0. The molecule has 0 aromatic heterocycles. The van der Waals surface area contributed by atoms with Gasteiger partial charge in [0.2, 0.25) is 0 Å². The third kappa shape index (κ3) is 3.80. The van der Waals surface area contributed by atoms with Gasteiger partial charge in [-0.3, -0.25) is 4.79 Å². The third-order valence-corrected chi connectivity index (χ3v) is 3.05. The van der Waals surface area contributed by atoms with Crippen molar-refractivity contribution in [2.75, 3.05) is 0 Å². The summed E-state index contributed by atoms with van der Waals surface area (Å²) in [6, 6.07) is 4.17. The average Bonchev–Trinajstić information content (AvgIpc) is 2.14. The van der Waals surface area contributed by atoms with Gasteiger partial charge in [-0.2, -0.15) is 0 Å². The monoisotopic (exact) mass is 294 g/mol. The zero-order chi connectivity index (χ0) is 11.4. The van der Waals surface area contributed by atoms with Crippen LogP contribution in [0.4, 0.5) is 4.39 Å². The molecule has 82 valence electrons. The van der Waals surface area contributed by atoms with Crippen molar-refractivity contribution in [3.05, 3.63) is 34.1 Å². The van der Waals surface area contributed by atoms with E-state index in [1.807, 2.05) is 0 Å². The Balaban J connectivity index is 2.73. The molecule has 0 heterocycles. The Hall–Kier alpha value is -0.610. The van der Waals surface area contributed by atoms with Gasteiger partial charge in [0.15, 0.2) is 0 Å². The Bertz CT molecular complexity index is 370. The van der Waals surface area contributed by atoms with E-state index < -0.39 is 11.3 Å². The van der Waals surface area contributed by atoms with Crippen molar-refractivity contribution in [2.45, 2.75) is 18.2 Å². The summed E-state index contributed by atoms with van der Waals surface area (Å²) in [4.78, 5) is 10.3. The van der Waals surface area contributed by atoms with Crippen LogP contribution >= 0.6 is 27.5 Å². The largest absolute Gasteiger partial charge is 0.481 e. The second-order valence-electron chi connectivity index (χ2n) is 3.07. The quantitative estimate of drug-likeness (QED) is 0.859. The van der Waals surface area contributed by atoms with Gasteiger partial charge >= 0.3 is 5.97 Å². The minimum Gasteiger partial charge on any atom is -0.481 e.